The summed E-state index contributed by atoms with van der Waals surface area (Å²) in [6.07, 6.45) is 1.72. The number of hydrogen-bond acceptors (Lipinski definition) is 4. The summed E-state index contributed by atoms with van der Waals surface area (Å²) in [6.45, 7) is 5.55. The topological polar surface area (TPSA) is 75.7 Å². The van der Waals surface area contributed by atoms with Crippen LogP contribution >= 0.6 is 0 Å². The van der Waals surface area contributed by atoms with Crippen molar-refractivity contribution in [1.82, 2.24) is 10.2 Å². The molecule has 7 heteroatoms. The molecular weight excluding hydrogens is 316 g/mol. The number of ether oxygens (including phenoxy) is 1. The van der Waals surface area contributed by atoms with E-state index in [0.717, 1.165) is 16.9 Å². The number of nitrogens with zero attached hydrogens (tertiary/aromatic N) is 1. The summed E-state index contributed by atoms with van der Waals surface area (Å²) in [7, 11) is -3.10. The van der Waals surface area contributed by atoms with Crippen molar-refractivity contribution in [2.75, 3.05) is 26.0 Å². The minimum absolute atomic E-state index is 0.237. The lowest BCUT2D eigenvalue weighted by Gasteiger charge is -2.18. The molecule has 1 N–H and O–H groups in total. The van der Waals surface area contributed by atoms with Crippen LogP contribution in [0.25, 0.3) is 0 Å². The van der Waals surface area contributed by atoms with Crippen LogP contribution < -0.4 is 10.1 Å². The minimum atomic E-state index is -3.10. The number of benzene rings is 1. The number of nitrogens with one attached hydrogen (secondary N) is 1. The number of urea groups is 1. The fraction of sp³-hybridized carbons (Fsp3) is 0.562. The maximum atomic E-state index is 12.2. The molecule has 1 aromatic carbocycles. The number of likely N-dealkylation sites (tertiary alicyclic amines) is 1. The van der Waals surface area contributed by atoms with Crippen molar-refractivity contribution >= 4 is 15.9 Å². The second-order valence-corrected chi connectivity index (χ2v) is 8.21. The van der Waals surface area contributed by atoms with Crippen molar-refractivity contribution in [3.05, 3.63) is 29.3 Å². The highest BCUT2D eigenvalue weighted by Crippen LogP contribution is 2.21. The van der Waals surface area contributed by atoms with E-state index in [1.807, 2.05) is 32.0 Å². The van der Waals surface area contributed by atoms with Gasteiger partial charge in [0.15, 0.2) is 9.84 Å². The standard InChI is InChI=1S/C16H24N2O4S/c1-4-22-15-9-12(2)5-6-13(15)10-17-16(19)18-8-7-14(11-18)23(3,20)21/h5-6,9,14H,4,7-8,10-11H2,1-3H3,(H,17,19). The quantitative estimate of drug-likeness (QED) is 0.885. The van der Waals surface area contributed by atoms with Crippen molar-refractivity contribution in [3.8, 4) is 5.75 Å². The van der Waals surface area contributed by atoms with Gasteiger partial charge in [0, 0.05) is 31.5 Å². The van der Waals surface area contributed by atoms with Crippen LogP contribution in [0.15, 0.2) is 18.2 Å². The number of carbonyl (C=O) groups excluding carboxylic acids is 1. The molecule has 1 atom stereocenters. The Balaban J connectivity index is 1.95. The van der Waals surface area contributed by atoms with Gasteiger partial charge in [0.05, 0.1) is 11.9 Å². The molecule has 2 rings (SSSR count). The maximum Gasteiger partial charge on any atom is 0.317 e. The third-order valence-electron chi connectivity index (χ3n) is 3.99. The van der Waals surface area contributed by atoms with Gasteiger partial charge in [-0.2, -0.15) is 0 Å². The number of aryl methyl sites for hydroxylation is 1. The Morgan fingerprint density at radius 1 is 1.43 bits per heavy atom. The summed E-state index contributed by atoms with van der Waals surface area (Å²) in [5.41, 5.74) is 2.00. The molecule has 0 bridgehead atoms. The van der Waals surface area contributed by atoms with Gasteiger partial charge in [-0.15, -0.1) is 0 Å². The van der Waals surface area contributed by atoms with Crippen LogP contribution in [0.3, 0.4) is 0 Å². The lowest BCUT2D eigenvalue weighted by molar-refractivity contribution is 0.208. The van der Waals surface area contributed by atoms with Crippen molar-refractivity contribution < 1.29 is 17.9 Å². The molecule has 1 aliphatic heterocycles. The predicted octanol–water partition coefficient (Wildman–Crippen LogP) is 1.72. The molecule has 2 amide bonds. The van der Waals surface area contributed by atoms with Gasteiger partial charge in [0.25, 0.3) is 0 Å². The highest BCUT2D eigenvalue weighted by atomic mass is 32.2. The van der Waals surface area contributed by atoms with Crippen molar-refractivity contribution in [1.29, 1.82) is 0 Å². The first-order valence-electron chi connectivity index (χ1n) is 7.75. The fourth-order valence-corrected chi connectivity index (χ4v) is 3.63. The van der Waals surface area contributed by atoms with Gasteiger partial charge in [-0.3, -0.25) is 0 Å². The summed E-state index contributed by atoms with van der Waals surface area (Å²) in [6, 6.07) is 5.61. The lowest BCUT2D eigenvalue weighted by atomic mass is 10.1. The van der Waals surface area contributed by atoms with E-state index in [4.69, 9.17) is 4.74 Å². The summed E-state index contributed by atoms with van der Waals surface area (Å²) in [4.78, 5) is 13.8. The van der Waals surface area contributed by atoms with E-state index in [0.29, 0.717) is 26.1 Å². The van der Waals surface area contributed by atoms with E-state index in [1.165, 1.54) is 6.26 Å². The largest absolute Gasteiger partial charge is 0.494 e. The van der Waals surface area contributed by atoms with Gasteiger partial charge < -0.3 is 15.0 Å². The number of carbonyl (C=O) groups is 1. The molecule has 0 aromatic heterocycles. The highest BCUT2D eigenvalue weighted by molar-refractivity contribution is 7.91. The minimum Gasteiger partial charge on any atom is -0.494 e. The molecule has 1 heterocycles. The van der Waals surface area contributed by atoms with Gasteiger partial charge in [-0.25, -0.2) is 13.2 Å². The molecule has 6 nitrogen and oxygen atoms in total. The normalized spacial score (nSPS) is 18.0. The Morgan fingerprint density at radius 3 is 2.78 bits per heavy atom. The van der Waals surface area contributed by atoms with E-state index in [2.05, 4.69) is 5.32 Å². The van der Waals surface area contributed by atoms with Gasteiger partial charge in [-0.05, 0) is 31.9 Å². The van der Waals surface area contributed by atoms with Gasteiger partial charge in [0.2, 0.25) is 0 Å². The van der Waals surface area contributed by atoms with E-state index in [-0.39, 0.29) is 12.6 Å². The highest BCUT2D eigenvalue weighted by Gasteiger charge is 2.32. The Bertz CT molecular complexity index is 673. The molecule has 1 aliphatic rings. The third kappa shape index (κ3) is 4.60. The molecule has 1 unspecified atom stereocenters. The zero-order valence-electron chi connectivity index (χ0n) is 13.8. The van der Waals surface area contributed by atoms with Gasteiger partial charge in [0.1, 0.15) is 5.75 Å². The zero-order valence-corrected chi connectivity index (χ0v) is 14.6. The van der Waals surface area contributed by atoms with E-state index < -0.39 is 15.1 Å². The molecule has 128 valence electrons. The van der Waals surface area contributed by atoms with Gasteiger partial charge >= 0.3 is 6.03 Å². The molecule has 1 saturated heterocycles. The lowest BCUT2D eigenvalue weighted by Crippen LogP contribution is -2.39. The van der Waals surface area contributed by atoms with E-state index in [9.17, 15) is 13.2 Å². The monoisotopic (exact) mass is 340 g/mol. The van der Waals surface area contributed by atoms with E-state index >= 15 is 0 Å². The predicted molar refractivity (Wildman–Crippen MR) is 89.4 cm³/mol. The van der Waals surface area contributed by atoms with Crippen molar-refractivity contribution in [3.63, 3.8) is 0 Å². The molecule has 0 radical (unpaired) electrons. The summed E-state index contributed by atoms with van der Waals surface area (Å²) in [5, 5.41) is 2.39. The maximum absolute atomic E-state index is 12.2. The zero-order chi connectivity index (χ0) is 17.0. The number of amides is 2. The molecule has 0 aliphatic carbocycles. The Labute approximate surface area is 137 Å². The van der Waals surface area contributed by atoms with Crippen LogP contribution in [0.2, 0.25) is 0 Å². The summed E-state index contributed by atoms with van der Waals surface area (Å²) >= 11 is 0. The Morgan fingerprint density at radius 2 is 2.17 bits per heavy atom. The first-order chi connectivity index (χ1) is 10.8. The Hall–Kier alpha value is -1.76. The van der Waals surface area contributed by atoms with Crippen molar-refractivity contribution in [2.45, 2.75) is 32.1 Å². The van der Waals surface area contributed by atoms with Crippen LogP contribution in [0.5, 0.6) is 5.75 Å². The number of sulfone groups is 1. The van der Waals surface area contributed by atoms with Crippen molar-refractivity contribution in [2.24, 2.45) is 0 Å². The average Bonchev–Trinajstić information content (AvgIpc) is 2.96. The molecule has 1 aromatic rings. The number of rotatable bonds is 5. The average molecular weight is 340 g/mol. The molecule has 1 fully saturated rings. The van der Waals surface area contributed by atoms with Crippen LogP contribution in [-0.4, -0.2) is 50.6 Å². The fourth-order valence-electron chi connectivity index (χ4n) is 2.64. The SMILES string of the molecule is CCOc1cc(C)ccc1CNC(=O)N1CCC(S(C)(=O)=O)C1. The number of hydrogen-bond donors (Lipinski definition) is 1. The van der Waals surface area contributed by atoms with Crippen LogP contribution in [0.1, 0.15) is 24.5 Å². The van der Waals surface area contributed by atoms with Gasteiger partial charge in [-0.1, -0.05) is 12.1 Å². The first-order valence-corrected chi connectivity index (χ1v) is 9.70. The second kappa shape index (κ2) is 7.21. The smallest absolute Gasteiger partial charge is 0.317 e. The Kier molecular flexibility index (Phi) is 5.51. The third-order valence-corrected chi connectivity index (χ3v) is 5.59. The molecule has 23 heavy (non-hydrogen) atoms. The van der Waals surface area contributed by atoms with Crippen LogP contribution in [0.4, 0.5) is 4.79 Å². The van der Waals surface area contributed by atoms with Crippen LogP contribution in [0, 0.1) is 6.92 Å². The second-order valence-electron chi connectivity index (χ2n) is 5.89. The summed E-state index contributed by atoms with van der Waals surface area (Å²) in [5.74, 6) is 0.767. The molecule has 0 spiro atoms. The molecule has 0 saturated carbocycles. The summed E-state index contributed by atoms with van der Waals surface area (Å²) < 4.78 is 28.7. The van der Waals surface area contributed by atoms with Crippen LogP contribution in [-0.2, 0) is 16.4 Å². The first kappa shape index (κ1) is 17.6. The van der Waals surface area contributed by atoms with E-state index in [1.54, 1.807) is 4.90 Å². The molecular formula is C16H24N2O4S.